The summed E-state index contributed by atoms with van der Waals surface area (Å²) in [6.07, 6.45) is 6.06. The molecule has 1 fully saturated rings. The van der Waals surface area contributed by atoms with Crippen LogP contribution in [0.4, 0.5) is 5.00 Å². The van der Waals surface area contributed by atoms with Gasteiger partial charge in [-0.05, 0) is 88.1 Å². The van der Waals surface area contributed by atoms with Crippen molar-refractivity contribution >= 4 is 39.1 Å². The Labute approximate surface area is 197 Å². The highest BCUT2D eigenvalue weighted by atomic mass is 32.1. The molecule has 0 radical (unpaired) electrons. The van der Waals surface area contributed by atoms with E-state index in [9.17, 15) is 9.59 Å². The second-order valence-electron chi connectivity index (χ2n) is 9.20. The van der Waals surface area contributed by atoms with Crippen molar-refractivity contribution in [3.63, 3.8) is 0 Å². The first-order valence-electron chi connectivity index (χ1n) is 11.8. The molecule has 1 aliphatic carbocycles. The highest BCUT2D eigenvalue weighted by Gasteiger charge is 2.28. The van der Waals surface area contributed by atoms with E-state index in [-0.39, 0.29) is 17.9 Å². The van der Waals surface area contributed by atoms with Crippen LogP contribution in [0, 0.1) is 20.8 Å². The Kier molecular flexibility index (Phi) is 6.01. The Morgan fingerprint density at radius 1 is 1.06 bits per heavy atom. The molecule has 33 heavy (non-hydrogen) atoms. The number of fused-ring (bicyclic) bond motifs is 2. The molecular weight excluding hydrogens is 436 g/mol. The summed E-state index contributed by atoms with van der Waals surface area (Å²) >= 11 is 1.52. The number of rotatable bonds is 5. The van der Waals surface area contributed by atoms with E-state index in [2.05, 4.69) is 23.6 Å². The first-order valence-corrected chi connectivity index (χ1v) is 12.6. The monoisotopic (exact) mass is 466 g/mol. The number of carbonyl (C=O) groups excluding carboxylic acids is 2. The van der Waals surface area contributed by atoms with Crippen LogP contribution in [0.1, 0.15) is 73.7 Å². The quantitative estimate of drug-likeness (QED) is 0.523. The number of carbonyl (C=O) groups is 2. The topological polar surface area (TPSA) is 80.6 Å². The van der Waals surface area contributed by atoms with E-state index in [1.165, 1.54) is 16.2 Å². The normalized spacial score (nSPS) is 17.8. The molecule has 5 rings (SSSR count). The number of hydrogen-bond donors (Lipinski definition) is 2. The van der Waals surface area contributed by atoms with Crippen LogP contribution in [0.2, 0.25) is 0 Å². The lowest BCUT2D eigenvalue weighted by molar-refractivity contribution is 0.0858. The van der Waals surface area contributed by atoms with Gasteiger partial charge in [-0.2, -0.15) is 0 Å². The van der Waals surface area contributed by atoms with Gasteiger partial charge in [-0.1, -0.05) is 0 Å². The molecule has 0 saturated carbocycles. The van der Waals surface area contributed by atoms with Gasteiger partial charge in [-0.3, -0.25) is 9.59 Å². The number of furan rings is 1. The molecule has 3 heterocycles. The third-order valence-electron chi connectivity index (χ3n) is 6.90. The van der Waals surface area contributed by atoms with Crippen molar-refractivity contribution in [1.29, 1.82) is 0 Å². The summed E-state index contributed by atoms with van der Waals surface area (Å²) in [5.74, 6) is -0.148. The zero-order valence-electron chi connectivity index (χ0n) is 19.4. The molecule has 1 atom stereocenters. The fourth-order valence-corrected chi connectivity index (χ4v) is 6.13. The van der Waals surface area contributed by atoms with E-state index < -0.39 is 0 Å². The third-order valence-corrected chi connectivity index (χ3v) is 8.11. The number of thiophene rings is 1. The molecule has 174 valence electrons. The lowest BCUT2D eigenvalue weighted by Crippen LogP contribution is -2.32. The van der Waals surface area contributed by atoms with Crippen molar-refractivity contribution < 1.29 is 18.7 Å². The van der Waals surface area contributed by atoms with Gasteiger partial charge in [-0.25, -0.2) is 0 Å². The molecule has 0 bridgehead atoms. The van der Waals surface area contributed by atoms with E-state index in [1.54, 1.807) is 0 Å². The van der Waals surface area contributed by atoms with Gasteiger partial charge in [0.15, 0.2) is 5.76 Å². The number of aryl methyl sites for hydroxylation is 4. The molecule has 2 aromatic heterocycles. The largest absolute Gasteiger partial charge is 0.451 e. The molecule has 1 aromatic carbocycles. The van der Waals surface area contributed by atoms with Gasteiger partial charge in [0.05, 0.1) is 11.7 Å². The number of amides is 2. The predicted octanol–water partition coefficient (Wildman–Crippen LogP) is 5.46. The van der Waals surface area contributed by atoms with E-state index in [4.69, 9.17) is 9.15 Å². The smallest absolute Gasteiger partial charge is 0.292 e. The van der Waals surface area contributed by atoms with Crippen LogP contribution in [-0.4, -0.2) is 31.1 Å². The fourth-order valence-electron chi connectivity index (χ4n) is 4.85. The average molecular weight is 467 g/mol. The van der Waals surface area contributed by atoms with E-state index >= 15 is 0 Å². The molecule has 3 aromatic rings. The van der Waals surface area contributed by atoms with Crippen LogP contribution in [-0.2, 0) is 17.6 Å². The Bertz CT molecular complexity index is 1230. The van der Waals surface area contributed by atoms with Crippen molar-refractivity contribution in [2.45, 2.75) is 65.4 Å². The molecule has 7 heteroatoms. The van der Waals surface area contributed by atoms with Gasteiger partial charge in [0.1, 0.15) is 10.6 Å². The highest BCUT2D eigenvalue weighted by Crippen LogP contribution is 2.39. The van der Waals surface area contributed by atoms with Crippen molar-refractivity contribution in [2.75, 3.05) is 18.5 Å². The highest BCUT2D eigenvalue weighted by molar-refractivity contribution is 7.17. The van der Waals surface area contributed by atoms with Gasteiger partial charge in [0, 0.05) is 29.0 Å². The van der Waals surface area contributed by atoms with Crippen LogP contribution >= 0.6 is 11.3 Å². The summed E-state index contributed by atoms with van der Waals surface area (Å²) in [5, 5.41) is 7.62. The lowest BCUT2D eigenvalue weighted by atomic mass is 9.95. The molecule has 1 saturated heterocycles. The van der Waals surface area contributed by atoms with Crippen LogP contribution in [0.25, 0.3) is 11.0 Å². The molecule has 1 aliphatic heterocycles. The predicted molar refractivity (Wildman–Crippen MR) is 131 cm³/mol. The van der Waals surface area contributed by atoms with Gasteiger partial charge in [0.2, 0.25) is 0 Å². The minimum atomic E-state index is -0.314. The average Bonchev–Trinajstić information content (AvgIpc) is 3.51. The second-order valence-corrected chi connectivity index (χ2v) is 10.3. The summed E-state index contributed by atoms with van der Waals surface area (Å²) in [6.45, 7) is 7.25. The van der Waals surface area contributed by atoms with E-state index in [0.717, 1.165) is 72.8 Å². The minimum absolute atomic E-state index is 0.0755. The molecule has 6 nitrogen and oxygen atoms in total. The lowest BCUT2D eigenvalue weighted by Gasteiger charge is -2.15. The standard InChI is InChI=1S/C26H30N2O4S/c1-14-11-19-16(3)23(32-20(19)12-15(14)2)25(30)28-26-22(18-8-4-5-9-21(18)33-26)24(29)27-13-17-7-6-10-31-17/h11-12,17H,4-10,13H2,1-3H3,(H,27,29)(H,28,30). The Balaban J connectivity index is 1.43. The van der Waals surface area contributed by atoms with E-state index in [1.807, 2.05) is 19.9 Å². The first-order chi connectivity index (χ1) is 15.9. The van der Waals surface area contributed by atoms with Gasteiger partial charge in [-0.15, -0.1) is 11.3 Å². The Morgan fingerprint density at radius 3 is 2.64 bits per heavy atom. The van der Waals surface area contributed by atoms with E-state index in [0.29, 0.717) is 28.5 Å². The summed E-state index contributed by atoms with van der Waals surface area (Å²) in [6, 6.07) is 4.04. The van der Waals surface area contributed by atoms with Crippen molar-refractivity contribution in [3.8, 4) is 0 Å². The second kappa shape index (κ2) is 8.95. The van der Waals surface area contributed by atoms with Gasteiger partial charge >= 0.3 is 0 Å². The maximum absolute atomic E-state index is 13.3. The van der Waals surface area contributed by atoms with Crippen molar-refractivity contribution in [2.24, 2.45) is 0 Å². The van der Waals surface area contributed by atoms with Crippen LogP contribution in [0.15, 0.2) is 16.5 Å². The number of ether oxygens (including phenoxy) is 1. The minimum Gasteiger partial charge on any atom is -0.451 e. The maximum atomic E-state index is 13.3. The number of benzene rings is 1. The number of nitrogens with one attached hydrogen (secondary N) is 2. The van der Waals surface area contributed by atoms with Crippen LogP contribution in [0.5, 0.6) is 0 Å². The molecule has 2 N–H and O–H groups in total. The number of anilines is 1. The zero-order chi connectivity index (χ0) is 23.1. The SMILES string of the molecule is Cc1cc2oc(C(=O)Nc3sc4c(c3C(=O)NCC3CCCO3)CCCC4)c(C)c2cc1C. The van der Waals surface area contributed by atoms with Gasteiger partial charge in [0.25, 0.3) is 11.8 Å². The van der Waals surface area contributed by atoms with Gasteiger partial charge < -0.3 is 19.8 Å². The molecular formula is C26H30N2O4S. The summed E-state index contributed by atoms with van der Waals surface area (Å²) < 4.78 is 11.6. The Hall–Kier alpha value is -2.64. The first kappa shape index (κ1) is 22.2. The summed E-state index contributed by atoms with van der Waals surface area (Å²) in [7, 11) is 0. The fraction of sp³-hybridized carbons (Fsp3) is 0.462. The maximum Gasteiger partial charge on any atom is 0.292 e. The molecule has 2 amide bonds. The van der Waals surface area contributed by atoms with Crippen LogP contribution in [0.3, 0.4) is 0 Å². The third kappa shape index (κ3) is 4.20. The van der Waals surface area contributed by atoms with Crippen molar-refractivity contribution in [1.82, 2.24) is 5.32 Å². The Morgan fingerprint density at radius 2 is 1.85 bits per heavy atom. The summed E-state index contributed by atoms with van der Waals surface area (Å²) in [4.78, 5) is 27.7. The molecule has 1 unspecified atom stereocenters. The number of hydrogen-bond acceptors (Lipinski definition) is 5. The van der Waals surface area contributed by atoms with Crippen LogP contribution < -0.4 is 10.6 Å². The molecule has 0 spiro atoms. The van der Waals surface area contributed by atoms with Crippen molar-refractivity contribution in [3.05, 3.63) is 50.6 Å². The molecule has 2 aliphatic rings. The summed E-state index contributed by atoms with van der Waals surface area (Å²) in [5.41, 5.74) is 5.51. The zero-order valence-corrected chi connectivity index (χ0v) is 20.2.